The van der Waals surface area contributed by atoms with E-state index in [1.165, 1.54) is 30.4 Å². The van der Waals surface area contributed by atoms with Gasteiger partial charge >= 0.3 is 0 Å². The third-order valence-corrected chi connectivity index (χ3v) is 3.86. The Morgan fingerprint density at radius 3 is 3.08 bits per heavy atom. The number of nitrogens with zero attached hydrogens (tertiary/aromatic N) is 1. The van der Waals surface area contributed by atoms with Crippen LogP contribution in [0.15, 0.2) is 0 Å². The van der Waals surface area contributed by atoms with E-state index in [1.807, 2.05) is 0 Å². The van der Waals surface area contributed by atoms with Gasteiger partial charge in [-0.2, -0.15) is 0 Å². The summed E-state index contributed by atoms with van der Waals surface area (Å²) in [5.41, 5.74) is -0.260. The van der Waals surface area contributed by atoms with E-state index in [9.17, 15) is 5.11 Å². The largest absolute Gasteiger partial charge is 0.388 e. The standard InChI is InChI=1S/C9H16INO/c10-3-1-4-11-5-2-8-6-9(8,12)7-11/h8,12H,1-7H2/t8-,9+/m1/s1. The van der Waals surface area contributed by atoms with Gasteiger partial charge in [-0.25, -0.2) is 0 Å². The van der Waals surface area contributed by atoms with Crippen LogP contribution in [0.5, 0.6) is 0 Å². The molecule has 2 rings (SSSR count). The number of rotatable bonds is 3. The predicted octanol–water partition coefficient (Wildman–Crippen LogP) is 1.27. The Morgan fingerprint density at radius 2 is 2.42 bits per heavy atom. The lowest BCUT2D eigenvalue weighted by Crippen LogP contribution is -2.40. The number of alkyl halides is 1. The highest BCUT2D eigenvalue weighted by Gasteiger charge is 2.55. The van der Waals surface area contributed by atoms with Crippen molar-refractivity contribution in [3.05, 3.63) is 0 Å². The number of halogens is 1. The average molecular weight is 281 g/mol. The van der Waals surface area contributed by atoms with Crippen molar-refractivity contribution < 1.29 is 5.11 Å². The molecular formula is C9H16INO. The van der Waals surface area contributed by atoms with Crippen LogP contribution >= 0.6 is 22.6 Å². The first-order valence-electron chi connectivity index (χ1n) is 4.75. The topological polar surface area (TPSA) is 23.5 Å². The van der Waals surface area contributed by atoms with E-state index < -0.39 is 0 Å². The summed E-state index contributed by atoms with van der Waals surface area (Å²) in [5.74, 6) is 0.647. The Bertz CT molecular complexity index is 176. The lowest BCUT2D eigenvalue weighted by Gasteiger charge is -2.29. The summed E-state index contributed by atoms with van der Waals surface area (Å²) in [7, 11) is 0. The highest BCUT2D eigenvalue weighted by atomic mass is 127. The zero-order chi connectivity index (χ0) is 8.60. The van der Waals surface area contributed by atoms with Gasteiger partial charge < -0.3 is 10.0 Å². The Morgan fingerprint density at radius 1 is 1.58 bits per heavy atom. The number of hydrogen-bond acceptors (Lipinski definition) is 2. The monoisotopic (exact) mass is 281 g/mol. The second kappa shape index (κ2) is 3.42. The molecule has 1 heterocycles. The fraction of sp³-hybridized carbons (Fsp3) is 1.00. The maximum atomic E-state index is 9.87. The molecule has 0 radical (unpaired) electrons. The van der Waals surface area contributed by atoms with Gasteiger partial charge in [0.15, 0.2) is 0 Å². The van der Waals surface area contributed by atoms with Gasteiger partial charge in [-0.05, 0) is 38.3 Å². The maximum Gasteiger partial charge on any atom is 0.0807 e. The van der Waals surface area contributed by atoms with E-state index in [4.69, 9.17) is 0 Å². The lowest BCUT2D eigenvalue weighted by atomic mass is 10.1. The quantitative estimate of drug-likeness (QED) is 0.622. The molecular weight excluding hydrogens is 265 g/mol. The van der Waals surface area contributed by atoms with Gasteiger partial charge in [0, 0.05) is 11.0 Å². The lowest BCUT2D eigenvalue weighted by molar-refractivity contribution is 0.0506. The van der Waals surface area contributed by atoms with Gasteiger partial charge in [0.05, 0.1) is 5.60 Å². The molecule has 0 unspecified atom stereocenters. The van der Waals surface area contributed by atoms with Crippen molar-refractivity contribution in [1.82, 2.24) is 4.90 Å². The molecule has 0 aromatic carbocycles. The second-order valence-electron chi connectivity index (χ2n) is 4.11. The van der Waals surface area contributed by atoms with Crippen molar-refractivity contribution in [1.29, 1.82) is 0 Å². The van der Waals surface area contributed by atoms with Gasteiger partial charge in [0.1, 0.15) is 0 Å². The minimum absolute atomic E-state index is 0.260. The zero-order valence-electron chi connectivity index (χ0n) is 7.30. The van der Waals surface area contributed by atoms with Gasteiger partial charge in [0.2, 0.25) is 0 Å². The van der Waals surface area contributed by atoms with Crippen molar-refractivity contribution >= 4 is 22.6 Å². The molecule has 0 spiro atoms. The number of likely N-dealkylation sites (tertiary alicyclic amines) is 1. The molecule has 1 saturated carbocycles. The van der Waals surface area contributed by atoms with Crippen LogP contribution in [0.3, 0.4) is 0 Å². The molecule has 1 saturated heterocycles. The molecule has 0 aromatic rings. The van der Waals surface area contributed by atoms with Crippen LogP contribution in [0.25, 0.3) is 0 Å². The summed E-state index contributed by atoms with van der Waals surface area (Å²) >= 11 is 2.41. The van der Waals surface area contributed by atoms with E-state index >= 15 is 0 Å². The number of hydrogen-bond donors (Lipinski definition) is 1. The van der Waals surface area contributed by atoms with Crippen LogP contribution in [-0.4, -0.2) is 39.7 Å². The first-order chi connectivity index (χ1) is 5.74. The van der Waals surface area contributed by atoms with Crippen LogP contribution in [-0.2, 0) is 0 Å². The third kappa shape index (κ3) is 1.77. The van der Waals surface area contributed by atoms with E-state index in [1.54, 1.807) is 0 Å². The van der Waals surface area contributed by atoms with E-state index in [2.05, 4.69) is 27.5 Å². The summed E-state index contributed by atoms with van der Waals surface area (Å²) in [6.07, 6.45) is 3.55. The van der Waals surface area contributed by atoms with Crippen molar-refractivity contribution in [2.24, 2.45) is 5.92 Å². The first kappa shape index (κ1) is 9.21. The summed E-state index contributed by atoms with van der Waals surface area (Å²) < 4.78 is 1.23. The Labute approximate surface area is 87.5 Å². The van der Waals surface area contributed by atoms with Gasteiger partial charge in [0.25, 0.3) is 0 Å². The number of aliphatic hydroxyl groups is 1. The average Bonchev–Trinajstić information content (AvgIpc) is 2.71. The molecule has 0 amide bonds. The Kier molecular flexibility index (Phi) is 2.63. The molecule has 2 fully saturated rings. The highest BCUT2D eigenvalue weighted by Crippen LogP contribution is 2.48. The minimum Gasteiger partial charge on any atom is -0.388 e. The Hall–Kier alpha value is 0.650. The normalized spacial score (nSPS) is 41.0. The van der Waals surface area contributed by atoms with E-state index in [0.29, 0.717) is 5.92 Å². The van der Waals surface area contributed by atoms with Gasteiger partial charge in [-0.15, -0.1) is 0 Å². The minimum atomic E-state index is -0.260. The van der Waals surface area contributed by atoms with Gasteiger partial charge in [-0.3, -0.25) is 0 Å². The van der Waals surface area contributed by atoms with Gasteiger partial charge in [-0.1, -0.05) is 22.6 Å². The molecule has 12 heavy (non-hydrogen) atoms. The summed E-state index contributed by atoms with van der Waals surface area (Å²) in [6.45, 7) is 3.33. The van der Waals surface area contributed by atoms with Crippen LogP contribution in [0.2, 0.25) is 0 Å². The van der Waals surface area contributed by atoms with Crippen molar-refractivity contribution in [3.8, 4) is 0 Å². The van der Waals surface area contributed by atoms with E-state index in [-0.39, 0.29) is 5.60 Å². The molecule has 2 aliphatic rings. The summed E-state index contributed by atoms with van der Waals surface area (Å²) in [5, 5.41) is 9.87. The highest BCUT2D eigenvalue weighted by molar-refractivity contribution is 14.1. The molecule has 2 atom stereocenters. The van der Waals surface area contributed by atoms with Crippen molar-refractivity contribution in [2.75, 3.05) is 24.1 Å². The zero-order valence-corrected chi connectivity index (χ0v) is 9.46. The number of piperidine rings is 1. The van der Waals surface area contributed by atoms with Crippen LogP contribution in [0.4, 0.5) is 0 Å². The van der Waals surface area contributed by atoms with Crippen LogP contribution in [0.1, 0.15) is 19.3 Å². The molecule has 3 heteroatoms. The second-order valence-corrected chi connectivity index (χ2v) is 5.19. The molecule has 0 bridgehead atoms. The molecule has 0 aromatic heterocycles. The summed E-state index contributed by atoms with van der Waals surface area (Å²) in [4.78, 5) is 2.42. The fourth-order valence-corrected chi connectivity index (χ4v) is 2.55. The SMILES string of the molecule is O[C@]12C[C@H]1CCN(CCCI)C2. The molecule has 1 aliphatic heterocycles. The third-order valence-electron chi connectivity index (χ3n) is 3.10. The molecule has 1 N–H and O–H groups in total. The molecule has 1 aliphatic carbocycles. The van der Waals surface area contributed by atoms with Crippen molar-refractivity contribution in [2.45, 2.75) is 24.9 Å². The maximum absolute atomic E-state index is 9.87. The molecule has 2 nitrogen and oxygen atoms in total. The van der Waals surface area contributed by atoms with E-state index in [0.717, 1.165) is 13.0 Å². The van der Waals surface area contributed by atoms with Crippen LogP contribution < -0.4 is 0 Å². The van der Waals surface area contributed by atoms with Crippen molar-refractivity contribution in [3.63, 3.8) is 0 Å². The number of β-amino-alcohol motifs (C(OH)–C–C–N with tert-alkyl or cyclic N) is 1. The predicted molar refractivity (Wildman–Crippen MR) is 57.6 cm³/mol. The summed E-state index contributed by atoms with van der Waals surface area (Å²) in [6, 6.07) is 0. The Balaban J connectivity index is 1.78. The number of fused-ring (bicyclic) bond motifs is 1. The molecule has 70 valence electrons. The fourth-order valence-electron chi connectivity index (χ4n) is 2.21. The smallest absolute Gasteiger partial charge is 0.0807 e. The van der Waals surface area contributed by atoms with Crippen LogP contribution in [0, 0.1) is 5.92 Å². The first-order valence-corrected chi connectivity index (χ1v) is 6.28.